The van der Waals surface area contributed by atoms with Crippen LogP contribution in [0.25, 0.3) is 0 Å². The third-order valence-corrected chi connectivity index (χ3v) is 2.58. The van der Waals surface area contributed by atoms with E-state index >= 15 is 0 Å². The number of hydrogen-bond donors (Lipinski definition) is 0. The third kappa shape index (κ3) is 3.51. The molecule has 0 spiro atoms. The van der Waals surface area contributed by atoms with E-state index in [2.05, 4.69) is 4.99 Å². The number of halogens is 1. The molecule has 0 radical (unpaired) electrons. The Morgan fingerprint density at radius 2 is 1.75 bits per heavy atom. The highest BCUT2D eigenvalue weighted by molar-refractivity contribution is 6.43. The molecular formula is C16H14FNO2. The Kier molecular flexibility index (Phi) is 4.60. The molecule has 0 bridgehead atoms. The highest BCUT2D eigenvalue weighted by Gasteiger charge is 2.15. The predicted octanol–water partition coefficient (Wildman–Crippen LogP) is 3.51. The van der Waals surface area contributed by atoms with Crippen LogP contribution in [-0.4, -0.2) is 18.3 Å². The Balaban J connectivity index is 2.41. The smallest absolute Gasteiger partial charge is 0.357 e. The second kappa shape index (κ2) is 6.61. The van der Waals surface area contributed by atoms with Gasteiger partial charge in [0.15, 0.2) is 5.71 Å². The molecule has 0 aliphatic rings. The molecule has 0 aliphatic heterocycles. The van der Waals surface area contributed by atoms with E-state index < -0.39 is 5.97 Å². The number of aliphatic imine (C=N–C) groups is 1. The topological polar surface area (TPSA) is 38.7 Å². The summed E-state index contributed by atoms with van der Waals surface area (Å²) in [5, 5.41) is 0. The lowest BCUT2D eigenvalue weighted by atomic mass is 10.1. The SMILES string of the molecule is CCOC(=O)C(=Nc1ccc(F)cc1)c1ccccc1. The van der Waals surface area contributed by atoms with Gasteiger partial charge in [0.25, 0.3) is 0 Å². The molecule has 0 saturated heterocycles. The zero-order valence-electron chi connectivity index (χ0n) is 11.0. The monoisotopic (exact) mass is 271 g/mol. The van der Waals surface area contributed by atoms with E-state index in [1.807, 2.05) is 18.2 Å². The van der Waals surface area contributed by atoms with Crippen molar-refractivity contribution in [3.05, 3.63) is 66.0 Å². The van der Waals surface area contributed by atoms with Crippen LogP contribution in [0, 0.1) is 5.82 Å². The van der Waals surface area contributed by atoms with Gasteiger partial charge in [0.05, 0.1) is 12.3 Å². The van der Waals surface area contributed by atoms with Crippen LogP contribution < -0.4 is 0 Å². The van der Waals surface area contributed by atoms with Gasteiger partial charge in [0, 0.05) is 5.56 Å². The molecule has 0 amide bonds. The number of esters is 1. The molecular weight excluding hydrogens is 257 g/mol. The molecule has 0 aromatic heterocycles. The molecule has 0 aliphatic carbocycles. The molecule has 0 N–H and O–H groups in total. The number of rotatable bonds is 4. The van der Waals surface area contributed by atoms with E-state index in [0.29, 0.717) is 11.3 Å². The number of carbonyl (C=O) groups is 1. The summed E-state index contributed by atoms with van der Waals surface area (Å²) < 4.78 is 17.9. The van der Waals surface area contributed by atoms with E-state index in [1.165, 1.54) is 24.3 Å². The Morgan fingerprint density at radius 3 is 2.35 bits per heavy atom. The van der Waals surface area contributed by atoms with E-state index in [1.54, 1.807) is 19.1 Å². The van der Waals surface area contributed by atoms with Gasteiger partial charge in [0.1, 0.15) is 5.82 Å². The molecule has 20 heavy (non-hydrogen) atoms. The molecule has 2 aromatic carbocycles. The lowest BCUT2D eigenvalue weighted by molar-refractivity contribution is -0.134. The first-order valence-corrected chi connectivity index (χ1v) is 6.27. The van der Waals surface area contributed by atoms with Crippen molar-refractivity contribution in [2.45, 2.75) is 6.92 Å². The third-order valence-electron chi connectivity index (χ3n) is 2.58. The molecule has 3 nitrogen and oxygen atoms in total. The van der Waals surface area contributed by atoms with Gasteiger partial charge in [-0.15, -0.1) is 0 Å². The van der Waals surface area contributed by atoms with Crippen LogP contribution in [0.3, 0.4) is 0 Å². The highest BCUT2D eigenvalue weighted by Crippen LogP contribution is 2.15. The molecule has 0 unspecified atom stereocenters. The fourth-order valence-corrected chi connectivity index (χ4v) is 1.67. The maximum Gasteiger partial charge on any atom is 0.357 e. The number of hydrogen-bond acceptors (Lipinski definition) is 3. The first-order chi connectivity index (χ1) is 9.70. The average molecular weight is 271 g/mol. The fourth-order valence-electron chi connectivity index (χ4n) is 1.67. The molecule has 0 atom stereocenters. The highest BCUT2D eigenvalue weighted by atomic mass is 19.1. The van der Waals surface area contributed by atoms with E-state index in [0.717, 1.165) is 0 Å². The van der Waals surface area contributed by atoms with E-state index in [-0.39, 0.29) is 18.1 Å². The van der Waals surface area contributed by atoms with Crippen LogP contribution in [0.1, 0.15) is 12.5 Å². The molecule has 2 rings (SSSR count). The van der Waals surface area contributed by atoms with Gasteiger partial charge in [-0.25, -0.2) is 14.2 Å². The fraction of sp³-hybridized carbons (Fsp3) is 0.125. The molecule has 0 heterocycles. The van der Waals surface area contributed by atoms with Crippen molar-refractivity contribution < 1.29 is 13.9 Å². The summed E-state index contributed by atoms with van der Waals surface area (Å²) >= 11 is 0. The molecule has 0 fully saturated rings. The van der Waals surface area contributed by atoms with Crippen LogP contribution in [0.5, 0.6) is 0 Å². The van der Waals surface area contributed by atoms with Crippen LogP contribution in [0.15, 0.2) is 59.6 Å². The summed E-state index contributed by atoms with van der Waals surface area (Å²) in [5.41, 5.74) is 1.37. The lowest BCUT2D eigenvalue weighted by Gasteiger charge is -2.06. The van der Waals surface area contributed by atoms with Crippen molar-refractivity contribution in [1.82, 2.24) is 0 Å². The average Bonchev–Trinajstić information content (AvgIpc) is 2.48. The molecule has 4 heteroatoms. The Bertz CT molecular complexity index is 606. The van der Waals surface area contributed by atoms with Gasteiger partial charge in [-0.3, -0.25) is 0 Å². The van der Waals surface area contributed by atoms with Crippen molar-refractivity contribution in [3.63, 3.8) is 0 Å². The standard InChI is InChI=1S/C16H14FNO2/c1-2-20-16(19)15(12-6-4-3-5-7-12)18-14-10-8-13(17)9-11-14/h3-11H,2H2,1H3. The van der Waals surface area contributed by atoms with Crippen LogP contribution in [0.2, 0.25) is 0 Å². The van der Waals surface area contributed by atoms with Gasteiger partial charge in [-0.05, 0) is 31.2 Å². The van der Waals surface area contributed by atoms with Crippen molar-refractivity contribution in [3.8, 4) is 0 Å². The zero-order chi connectivity index (χ0) is 14.4. The van der Waals surface area contributed by atoms with Gasteiger partial charge in [-0.2, -0.15) is 0 Å². The maximum atomic E-state index is 12.9. The first kappa shape index (κ1) is 13.9. The molecule has 2 aromatic rings. The summed E-state index contributed by atoms with van der Waals surface area (Å²) in [5.74, 6) is -0.843. The van der Waals surface area contributed by atoms with Crippen LogP contribution in [-0.2, 0) is 9.53 Å². The van der Waals surface area contributed by atoms with Crippen molar-refractivity contribution in [2.24, 2.45) is 4.99 Å². The number of nitrogens with zero attached hydrogens (tertiary/aromatic N) is 1. The first-order valence-electron chi connectivity index (χ1n) is 6.27. The predicted molar refractivity (Wildman–Crippen MR) is 75.7 cm³/mol. The summed E-state index contributed by atoms with van der Waals surface area (Å²) in [6.07, 6.45) is 0. The second-order valence-corrected chi connectivity index (χ2v) is 4.02. The number of ether oxygens (including phenoxy) is 1. The zero-order valence-corrected chi connectivity index (χ0v) is 11.0. The van der Waals surface area contributed by atoms with Gasteiger partial charge in [0.2, 0.25) is 0 Å². The van der Waals surface area contributed by atoms with Gasteiger partial charge >= 0.3 is 5.97 Å². The number of benzene rings is 2. The van der Waals surface area contributed by atoms with E-state index in [4.69, 9.17) is 4.74 Å². The van der Waals surface area contributed by atoms with Crippen LogP contribution >= 0.6 is 0 Å². The van der Waals surface area contributed by atoms with Crippen molar-refractivity contribution in [2.75, 3.05) is 6.61 Å². The Morgan fingerprint density at radius 1 is 1.10 bits per heavy atom. The molecule has 102 valence electrons. The number of carbonyl (C=O) groups excluding carboxylic acids is 1. The second-order valence-electron chi connectivity index (χ2n) is 4.02. The minimum Gasteiger partial charge on any atom is -0.461 e. The summed E-state index contributed by atoms with van der Waals surface area (Å²) in [7, 11) is 0. The normalized spacial score (nSPS) is 11.2. The quantitative estimate of drug-likeness (QED) is 0.630. The van der Waals surface area contributed by atoms with Crippen LogP contribution in [0.4, 0.5) is 10.1 Å². The Hall–Kier alpha value is -2.49. The summed E-state index contributed by atoms with van der Waals surface area (Å²) in [6.45, 7) is 2.01. The summed E-state index contributed by atoms with van der Waals surface area (Å²) in [6, 6.07) is 14.7. The Labute approximate surface area is 116 Å². The minimum atomic E-state index is -0.497. The van der Waals surface area contributed by atoms with E-state index in [9.17, 15) is 9.18 Å². The lowest BCUT2D eigenvalue weighted by Crippen LogP contribution is -2.18. The van der Waals surface area contributed by atoms with Crippen molar-refractivity contribution in [1.29, 1.82) is 0 Å². The van der Waals surface area contributed by atoms with Crippen molar-refractivity contribution >= 4 is 17.4 Å². The largest absolute Gasteiger partial charge is 0.461 e. The molecule has 0 saturated carbocycles. The minimum absolute atomic E-state index is 0.207. The maximum absolute atomic E-state index is 12.9. The van der Waals surface area contributed by atoms with Gasteiger partial charge < -0.3 is 4.74 Å². The summed E-state index contributed by atoms with van der Waals surface area (Å²) in [4.78, 5) is 16.3. The van der Waals surface area contributed by atoms with Gasteiger partial charge in [-0.1, -0.05) is 30.3 Å².